The lowest BCUT2D eigenvalue weighted by Gasteiger charge is -2.29. The third kappa shape index (κ3) is 7.74. The first-order valence-electron chi connectivity index (χ1n) is 14.7. The summed E-state index contributed by atoms with van der Waals surface area (Å²) >= 11 is 0. The Morgan fingerprint density at radius 2 is 1.36 bits per heavy atom. The van der Waals surface area contributed by atoms with Gasteiger partial charge in [-0.15, -0.1) is 0 Å². The molecule has 0 unspecified atom stereocenters. The second-order valence-corrected chi connectivity index (χ2v) is 12.2. The van der Waals surface area contributed by atoms with E-state index in [-0.39, 0.29) is 12.2 Å². The van der Waals surface area contributed by atoms with Gasteiger partial charge >= 0.3 is 8.60 Å². The summed E-state index contributed by atoms with van der Waals surface area (Å²) in [6, 6.07) is 37.4. The first-order chi connectivity index (χ1) is 21.9. The first-order valence-corrected chi connectivity index (χ1v) is 15.8. The molecule has 45 heavy (non-hydrogen) atoms. The predicted octanol–water partition coefficient (Wildman–Crippen LogP) is 8.22. The first kappa shape index (κ1) is 30.4. The van der Waals surface area contributed by atoms with Crippen LogP contribution in [0.5, 0.6) is 5.75 Å². The summed E-state index contributed by atoms with van der Waals surface area (Å²) < 4.78 is 26.7. The van der Waals surface area contributed by atoms with Gasteiger partial charge in [-0.05, 0) is 54.8 Å². The molecular formula is C36H34N3O5P. The summed E-state index contributed by atoms with van der Waals surface area (Å²) in [7, 11) is -1.67. The van der Waals surface area contributed by atoms with Crippen molar-refractivity contribution in [1.29, 1.82) is 0 Å². The molecule has 0 aliphatic rings. The number of nitrogens with zero attached hydrogens (tertiary/aromatic N) is 2. The topological polar surface area (TPSA) is 87.6 Å². The lowest BCUT2D eigenvalue weighted by atomic mass is 10.1. The molecule has 8 nitrogen and oxygen atoms in total. The Morgan fingerprint density at radius 3 is 1.96 bits per heavy atom. The zero-order chi connectivity index (χ0) is 31.1. The lowest BCUT2D eigenvalue weighted by Crippen LogP contribution is -2.31. The van der Waals surface area contributed by atoms with E-state index in [1.807, 2.05) is 140 Å². The Labute approximate surface area is 263 Å². The molecule has 228 valence electrons. The highest BCUT2D eigenvalue weighted by Crippen LogP contribution is 2.45. The van der Waals surface area contributed by atoms with E-state index in [4.69, 9.17) is 18.3 Å². The number of hydrogen-bond acceptors (Lipinski definition) is 6. The average molecular weight is 620 g/mol. The van der Waals surface area contributed by atoms with Crippen molar-refractivity contribution in [1.82, 2.24) is 14.5 Å². The van der Waals surface area contributed by atoms with Crippen molar-refractivity contribution in [2.45, 2.75) is 32.7 Å². The largest absolute Gasteiger partial charge is 0.491 e. The fourth-order valence-corrected chi connectivity index (χ4v) is 5.93. The van der Waals surface area contributed by atoms with Crippen molar-refractivity contribution in [3.05, 3.63) is 149 Å². The second kappa shape index (κ2) is 14.0. The van der Waals surface area contributed by atoms with Crippen molar-refractivity contribution in [3.8, 4) is 22.6 Å². The van der Waals surface area contributed by atoms with Crippen molar-refractivity contribution < 1.29 is 18.3 Å². The van der Waals surface area contributed by atoms with E-state index in [1.165, 1.54) is 6.33 Å². The number of rotatable bonds is 13. The molecule has 0 radical (unpaired) electrons. The summed E-state index contributed by atoms with van der Waals surface area (Å²) in [4.78, 5) is 20.1. The third-order valence-electron chi connectivity index (χ3n) is 7.06. The number of ether oxygens (including phenoxy) is 1. The quantitative estimate of drug-likeness (QED) is 0.131. The summed E-state index contributed by atoms with van der Waals surface area (Å²) in [6.45, 7) is 4.92. The van der Waals surface area contributed by atoms with Crippen LogP contribution in [0.4, 0.5) is 0 Å². The Bertz CT molecular complexity index is 1830. The van der Waals surface area contributed by atoms with Crippen molar-refractivity contribution in [3.63, 3.8) is 0 Å². The van der Waals surface area contributed by atoms with E-state index < -0.39 is 14.2 Å². The molecule has 2 aromatic heterocycles. The molecule has 0 spiro atoms. The van der Waals surface area contributed by atoms with Gasteiger partial charge in [0, 0.05) is 17.4 Å². The molecule has 2 heterocycles. The van der Waals surface area contributed by atoms with Crippen LogP contribution in [0.25, 0.3) is 27.8 Å². The van der Waals surface area contributed by atoms with Gasteiger partial charge < -0.3 is 27.9 Å². The van der Waals surface area contributed by atoms with Crippen molar-refractivity contribution in [2.75, 3.05) is 6.61 Å². The summed E-state index contributed by atoms with van der Waals surface area (Å²) in [5, 5.41) is 0.531. The Hall–Kier alpha value is -4.59. The van der Waals surface area contributed by atoms with Gasteiger partial charge in [0.15, 0.2) is 5.65 Å². The fraction of sp³-hybridized carbons (Fsp3) is 0.167. The maximum absolute atomic E-state index is 12.9. The number of H-pyrrole nitrogens is 1. The minimum atomic E-state index is -1.67. The van der Waals surface area contributed by atoms with Gasteiger partial charge in [0.1, 0.15) is 18.0 Å². The Balaban J connectivity index is 1.14. The molecule has 1 N–H and O–H groups in total. The standard InChI is InChI=1S/C36H34N3O5P/c1-36(2,44-45(42-23-27-12-6-3-7-13-27)43-24-28-14-8-4-9-15-28)25-41-31-20-18-29(19-21-31)32-22-39(30-16-10-5-11-17-30)34-33(32)35(40)38-26-37-34/h3-22,26H,23-25H2,1-2H3,(H,37,38,40). The van der Waals surface area contributed by atoms with Crippen LogP contribution in [0, 0.1) is 0 Å². The summed E-state index contributed by atoms with van der Waals surface area (Å²) in [6.07, 6.45) is 3.38. The molecular weight excluding hydrogens is 585 g/mol. The Morgan fingerprint density at radius 1 is 0.778 bits per heavy atom. The van der Waals surface area contributed by atoms with Gasteiger partial charge in [-0.2, -0.15) is 0 Å². The van der Waals surface area contributed by atoms with E-state index in [9.17, 15) is 4.79 Å². The molecule has 0 aliphatic carbocycles. The summed E-state index contributed by atoms with van der Waals surface area (Å²) in [5.41, 5.74) is 4.36. The molecule has 6 rings (SSSR count). The van der Waals surface area contributed by atoms with E-state index in [0.29, 0.717) is 30.0 Å². The highest BCUT2D eigenvalue weighted by atomic mass is 31.2. The lowest BCUT2D eigenvalue weighted by molar-refractivity contribution is 0.0207. The van der Waals surface area contributed by atoms with Gasteiger partial charge in [-0.3, -0.25) is 4.79 Å². The molecule has 9 heteroatoms. The smallest absolute Gasteiger partial charge is 0.333 e. The van der Waals surface area contributed by atoms with Gasteiger partial charge in [-0.1, -0.05) is 91.0 Å². The molecule has 4 aromatic carbocycles. The number of aromatic nitrogens is 3. The molecule has 0 saturated carbocycles. The zero-order valence-electron chi connectivity index (χ0n) is 25.1. The Kier molecular flexibility index (Phi) is 9.48. The monoisotopic (exact) mass is 619 g/mol. The van der Waals surface area contributed by atoms with E-state index in [2.05, 4.69) is 9.97 Å². The van der Waals surface area contributed by atoms with E-state index in [1.54, 1.807) is 0 Å². The molecule has 0 aliphatic heterocycles. The van der Waals surface area contributed by atoms with Crippen LogP contribution in [0.2, 0.25) is 0 Å². The van der Waals surface area contributed by atoms with Crippen LogP contribution in [0.1, 0.15) is 25.0 Å². The number of hydrogen-bond donors (Lipinski definition) is 1. The van der Waals surface area contributed by atoms with Crippen molar-refractivity contribution in [2.24, 2.45) is 0 Å². The van der Waals surface area contributed by atoms with Crippen LogP contribution in [-0.4, -0.2) is 26.7 Å². The predicted molar refractivity (Wildman–Crippen MR) is 177 cm³/mol. The summed E-state index contributed by atoms with van der Waals surface area (Å²) in [5.74, 6) is 0.675. The van der Waals surface area contributed by atoms with Crippen LogP contribution in [-0.2, 0) is 26.8 Å². The highest BCUT2D eigenvalue weighted by Gasteiger charge is 2.28. The normalized spacial score (nSPS) is 11.7. The third-order valence-corrected chi connectivity index (χ3v) is 8.38. The van der Waals surface area contributed by atoms with Gasteiger partial charge in [0.25, 0.3) is 5.56 Å². The molecule has 0 amide bonds. The number of nitrogens with one attached hydrogen (secondary N) is 1. The van der Waals surface area contributed by atoms with Gasteiger partial charge in [0.05, 0.1) is 24.9 Å². The minimum Gasteiger partial charge on any atom is -0.491 e. The van der Waals surface area contributed by atoms with Crippen LogP contribution in [0.15, 0.2) is 133 Å². The van der Waals surface area contributed by atoms with Crippen LogP contribution < -0.4 is 10.3 Å². The maximum Gasteiger partial charge on any atom is 0.333 e. The fourth-order valence-electron chi connectivity index (χ4n) is 4.78. The second-order valence-electron chi connectivity index (χ2n) is 11.1. The van der Waals surface area contributed by atoms with Crippen LogP contribution >= 0.6 is 8.60 Å². The number of para-hydroxylation sites is 1. The van der Waals surface area contributed by atoms with Gasteiger partial charge in [-0.25, -0.2) is 4.98 Å². The van der Waals surface area contributed by atoms with E-state index >= 15 is 0 Å². The average Bonchev–Trinajstić information content (AvgIpc) is 3.48. The molecule has 0 atom stereocenters. The zero-order valence-corrected chi connectivity index (χ0v) is 26.0. The molecule has 0 fully saturated rings. The maximum atomic E-state index is 12.9. The van der Waals surface area contributed by atoms with Crippen LogP contribution in [0.3, 0.4) is 0 Å². The molecule has 6 aromatic rings. The van der Waals surface area contributed by atoms with Crippen molar-refractivity contribution >= 4 is 19.6 Å². The molecule has 0 bridgehead atoms. The highest BCUT2D eigenvalue weighted by molar-refractivity contribution is 7.41. The minimum absolute atomic E-state index is 0.190. The number of aromatic amines is 1. The number of fused-ring (bicyclic) bond motifs is 1. The van der Waals surface area contributed by atoms with Gasteiger partial charge in [0.2, 0.25) is 0 Å². The molecule has 0 saturated heterocycles. The number of benzene rings is 4. The SMILES string of the molecule is CC(C)(COc1ccc(-c2cn(-c3ccccc3)c3nc[nH]c(=O)c23)cc1)OP(OCc1ccccc1)OCc1ccccc1. The van der Waals surface area contributed by atoms with E-state index in [0.717, 1.165) is 27.9 Å².